The van der Waals surface area contributed by atoms with Crippen LogP contribution in [0.3, 0.4) is 0 Å². The lowest BCUT2D eigenvalue weighted by atomic mass is 9.99. The van der Waals surface area contributed by atoms with Gasteiger partial charge in [0.25, 0.3) is 5.91 Å². The van der Waals surface area contributed by atoms with Crippen LogP contribution >= 0.6 is 11.3 Å². The van der Waals surface area contributed by atoms with Gasteiger partial charge in [-0.2, -0.15) is 5.26 Å². The van der Waals surface area contributed by atoms with E-state index < -0.39 is 0 Å². The Morgan fingerprint density at radius 2 is 1.94 bits per heavy atom. The molecule has 0 atom stereocenters. The van der Waals surface area contributed by atoms with Gasteiger partial charge in [-0.05, 0) is 24.6 Å². The molecule has 2 heterocycles. The number of nitriles is 1. The number of anilines is 3. The minimum absolute atomic E-state index is 0.0948. The number of hydrogen-bond acceptors (Lipinski definition) is 6. The molecule has 1 amide bonds. The van der Waals surface area contributed by atoms with Gasteiger partial charge in [0.2, 0.25) is 0 Å². The van der Waals surface area contributed by atoms with Gasteiger partial charge >= 0.3 is 0 Å². The predicted octanol–water partition coefficient (Wildman–Crippen LogP) is 5.39. The number of benzene rings is 2. The van der Waals surface area contributed by atoms with Gasteiger partial charge in [0.05, 0.1) is 10.2 Å². The third-order valence-corrected chi connectivity index (χ3v) is 6.08. The van der Waals surface area contributed by atoms with Crippen molar-refractivity contribution in [1.82, 2.24) is 10.3 Å². The number of aryl methyl sites for hydroxylation is 1. The van der Waals surface area contributed by atoms with Gasteiger partial charge in [-0.15, -0.1) is 17.9 Å². The molecule has 0 saturated carbocycles. The zero-order valence-electron chi connectivity index (χ0n) is 17.5. The number of hydrogen-bond donors (Lipinski definition) is 3. The number of carbonyl (C=O) groups is 1. The zero-order valence-corrected chi connectivity index (χ0v) is 18.3. The van der Waals surface area contributed by atoms with Crippen LogP contribution in [0.4, 0.5) is 16.5 Å². The number of fused-ring (bicyclic) bond motifs is 1. The summed E-state index contributed by atoms with van der Waals surface area (Å²) >= 11 is 1.38. The Balaban J connectivity index is 2.01. The second-order valence-electron chi connectivity index (χ2n) is 7.20. The highest BCUT2D eigenvalue weighted by molar-refractivity contribution is 7.24. The molecule has 0 radical (unpaired) electrons. The maximum atomic E-state index is 13.1. The number of pyridine rings is 1. The summed E-state index contributed by atoms with van der Waals surface area (Å²) in [4.78, 5) is 17.6. The van der Waals surface area contributed by atoms with Gasteiger partial charge in [0.1, 0.15) is 28.0 Å². The Morgan fingerprint density at radius 1 is 1.22 bits per heavy atom. The molecule has 4 N–H and O–H groups in total. The number of nitrogens with two attached hydrogens (primary N) is 1. The molecule has 4 aromatic rings. The monoisotopic (exact) mass is 439 g/mol. The van der Waals surface area contributed by atoms with Crippen molar-refractivity contribution in [3.05, 3.63) is 83.9 Å². The molecule has 6 nitrogen and oxygen atoms in total. The highest BCUT2D eigenvalue weighted by Gasteiger charge is 2.26. The van der Waals surface area contributed by atoms with Crippen molar-refractivity contribution >= 4 is 44.0 Å². The molecular formula is C25H21N5OS. The smallest absolute Gasteiger partial charge is 0.256 e. The summed E-state index contributed by atoms with van der Waals surface area (Å²) in [5.74, 6) is -0.196. The Bertz CT molecular complexity index is 1350. The van der Waals surface area contributed by atoms with Crippen LogP contribution in [0.5, 0.6) is 0 Å². The lowest BCUT2D eigenvalue weighted by Gasteiger charge is -2.10. The molecule has 0 spiro atoms. The van der Waals surface area contributed by atoms with Crippen LogP contribution in [-0.2, 0) is 0 Å². The number of carbonyl (C=O) groups excluding carboxylic acids is 1. The van der Waals surface area contributed by atoms with Crippen LogP contribution in [0.1, 0.15) is 21.5 Å². The quantitative estimate of drug-likeness (QED) is 0.350. The van der Waals surface area contributed by atoms with Crippen molar-refractivity contribution in [1.29, 1.82) is 5.26 Å². The van der Waals surface area contributed by atoms with Crippen molar-refractivity contribution in [3.8, 4) is 17.2 Å². The van der Waals surface area contributed by atoms with E-state index in [1.807, 2.05) is 61.5 Å². The van der Waals surface area contributed by atoms with Crippen LogP contribution in [0.15, 0.2) is 67.3 Å². The van der Waals surface area contributed by atoms with Crippen molar-refractivity contribution in [3.63, 3.8) is 0 Å². The predicted molar refractivity (Wildman–Crippen MR) is 131 cm³/mol. The van der Waals surface area contributed by atoms with Crippen LogP contribution < -0.4 is 16.4 Å². The second kappa shape index (κ2) is 8.92. The third kappa shape index (κ3) is 3.92. The van der Waals surface area contributed by atoms with Crippen LogP contribution in [0.25, 0.3) is 21.3 Å². The molecule has 32 heavy (non-hydrogen) atoms. The SMILES string of the molecule is C=CCNC(=O)c1c(Nc2ccccc2)sc2c(-c3ccc(C)cc3)c(C#N)c(N)nc12. The van der Waals surface area contributed by atoms with Crippen molar-refractivity contribution in [2.45, 2.75) is 6.92 Å². The first-order chi connectivity index (χ1) is 15.5. The van der Waals surface area contributed by atoms with E-state index in [1.165, 1.54) is 11.3 Å². The van der Waals surface area contributed by atoms with E-state index in [9.17, 15) is 10.1 Å². The fourth-order valence-electron chi connectivity index (χ4n) is 3.43. The van der Waals surface area contributed by atoms with Gasteiger partial charge in [0, 0.05) is 17.8 Å². The Kier molecular flexibility index (Phi) is 5.88. The van der Waals surface area contributed by atoms with Crippen molar-refractivity contribution < 1.29 is 4.79 Å². The number of nitrogen functional groups attached to an aromatic ring is 1. The molecule has 0 aliphatic heterocycles. The fraction of sp³-hybridized carbons (Fsp3) is 0.0800. The summed E-state index contributed by atoms with van der Waals surface area (Å²) in [7, 11) is 0. The normalized spacial score (nSPS) is 10.5. The van der Waals surface area contributed by atoms with Gasteiger partial charge in [-0.3, -0.25) is 4.79 Å². The van der Waals surface area contributed by atoms with E-state index in [4.69, 9.17) is 5.73 Å². The highest BCUT2D eigenvalue weighted by Crippen LogP contribution is 2.44. The number of nitrogens with zero attached hydrogens (tertiary/aromatic N) is 2. The molecule has 0 aliphatic rings. The molecule has 0 aliphatic carbocycles. The van der Waals surface area contributed by atoms with E-state index in [-0.39, 0.29) is 11.7 Å². The first-order valence-electron chi connectivity index (χ1n) is 9.97. The number of amides is 1. The molecule has 2 aromatic heterocycles. The van der Waals surface area contributed by atoms with Crippen LogP contribution in [0, 0.1) is 18.3 Å². The van der Waals surface area contributed by atoms with E-state index in [1.54, 1.807) is 6.08 Å². The standard InChI is InChI=1S/C25H21N5OS/c1-3-13-28-24(31)20-21-22(32-25(20)29-17-7-5-4-6-8-17)19(18(14-26)23(27)30-21)16-11-9-15(2)10-12-16/h3-12,29H,1,13H2,2H3,(H2,27,30)(H,28,31). The Morgan fingerprint density at radius 3 is 2.59 bits per heavy atom. The van der Waals surface area contributed by atoms with E-state index in [0.717, 1.165) is 21.5 Å². The van der Waals surface area contributed by atoms with Gasteiger partial charge in [-0.25, -0.2) is 4.98 Å². The highest BCUT2D eigenvalue weighted by atomic mass is 32.1. The Hall–Kier alpha value is -4.15. The average Bonchev–Trinajstić information content (AvgIpc) is 3.15. The summed E-state index contributed by atoms with van der Waals surface area (Å²) in [5, 5.41) is 16.6. The summed E-state index contributed by atoms with van der Waals surface area (Å²) < 4.78 is 0.724. The van der Waals surface area contributed by atoms with Gasteiger partial charge < -0.3 is 16.4 Å². The van der Waals surface area contributed by atoms with Crippen LogP contribution in [0.2, 0.25) is 0 Å². The minimum Gasteiger partial charge on any atom is -0.383 e. The van der Waals surface area contributed by atoms with Crippen molar-refractivity contribution in [2.75, 3.05) is 17.6 Å². The van der Waals surface area contributed by atoms with E-state index in [2.05, 4.69) is 28.3 Å². The molecule has 0 bridgehead atoms. The summed E-state index contributed by atoms with van der Waals surface area (Å²) in [6.45, 7) is 5.98. The number of nitrogens with one attached hydrogen (secondary N) is 2. The molecular weight excluding hydrogens is 418 g/mol. The zero-order chi connectivity index (χ0) is 22.7. The molecule has 4 rings (SSSR count). The first-order valence-corrected chi connectivity index (χ1v) is 10.8. The maximum Gasteiger partial charge on any atom is 0.256 e. The maximum absolute atomic E-state index is 13.1. The molecule has 158 valence electrons. The van der Waals surface area contributed by atoms with E-state index in [0.29, 0.717) is 33.8 Å². The first kappa shape index (κ1) is 21.1. The second-order valence-corrected chi connectivity index (χ2v) is 8.22. The lowest BCUT2D eigenvalue weighted by molar-refractivity contribution is 0.0960. The van der Waals surface area contributed by atoms with Gasteiger partial charge in [0.15, 0.2) is 0 Å². The molecule has 0 fully saturated rings. The topological polar surface area (TPSA) is 104 Å². The summed E-state index contributed by atoms with van der Waals surface area (Å²) in [5.41, 5.74) is 10.8. The van der Waals surface area contributed by atoms with Gasteiger partial charge in [-0.1, -0.05) is 54.1 Å². The average molecular weight is 440 g/mol. The lowest BCUT2D eigenvalue weighted by Crippen LogP contribution is -2.23. The van der Waals surface area contributed by atoms with Crippen molar-refractivity contribution in [2.24, 2.45) is 0 Å². The van der Waals surface area contributed by atoms with E-state index >= 15 is 0 Å². The molecule has 0 unspecified atom stereocenters. The molecule has 0 saturated heterocycles. The fourth-order valence-corrected chi connectivity index (χ4v) is 4.66. The molecule has 7 heteroatoms. The summed E-state index contributed by atoms with van der Waals surface area (Å²) in [6.07, 6.45) is 1.62. The molecule has 2 aromatic carbocycles. The number of rotatable bonds is 6. The number of aromatic nitrogens is 1. The van der Waals surface area contributed by atoms with Crippen LogP contribution in [-0.4, -0.2) is 17.4 Å². The summed E-state index contributed by atoms with van der Waals surface area (Å²) in [6, 6.07) is 19.6. The number of thiophene rings is 1. The number of para-hydroxylation sites is 1. The largest absolute Gasteiger partial charge is 0.383 e. The minimum atomic E-state index is -0.291. The third-order valence-electron chi connectivity index (χ3n) is 4.97. The Labute approximate surface area is 190 Å².